The van der Waals surface area contributed by atoms with Gasteiger partial charge in [0.1, 0.15) is 37.9 Å². The summed E-state index contributed by atoms with van der Waals surface area (Å²) in [6.07, 6.45) is -1.98. The third kappa shape index (κ3) is 9.24. The van der Waals surface area contributed by atoms with Crippen molar-refractivity contribution in [1.29, 1.82) is 0 Å². The molecule has 0 saturated heterocycles. The van der Waals surface area contributed by atoms with Crippen LogP contribution in [0.3, 0.4) is 0 Å². The topological polar surface area (TPSA) is 124 Å². The minimum atomic E-state index is -1.05. The summed E-state index contributed by atoms with van der Waals surface area (Å²) < 4.78 is 35.2. The van der Waals surface area contributed by atoms with Crippen molar-refractivity contribution in [3.8, 4) is 22.6 Å². The van der Waals surface area contributed by atoms with Crippen LogP contribution in [0.5, 0.6) is 11.5 Å². The van der Waals surface area contributed by atoms with E-state index in [-0.39, 0.29) is 48.7 Å². The minimum Gasteiger partial charge on any atom is -0.489 e. The highest BCUT2D eigenvalue weighted by Crippen LogP contribution is 2.59. The summed E-state index contributed by atoms with van der Waals surface area (Å²) in [6, 6.07) is 31.2. The van der Waals surface area contributed by atoms with Gasteiger partial charge in [0.15, 0.2) is 12.2 Å². The highest BCUT2D eigenvalue weighted by Gasteiger charge is 2.49. The van der Waals surface area contributed by atoms with E-state index in [0.29, 0.717) is 11.5 Å². The van der Waals surface area contributed by atoms with Gasteiger partial charge in [-0.25, -0.2) is 19.2 Å². The second-order valence-electron chi connectivity index (χ2n) is 13.8. The number of carbonyl (C=O) groups excluding carboxylic acids is 4. The van der Waals surface area contributed by atoms with Crippen molar-refractivity contribution in [1.82, 2.24) is 0 Å². The minimum absolute atomic E-state index is 0.171. The monoisotopic (exact) mass is 770 g/mol. The van der Waals surface area contributed by atoms with Gasteiger partial charge in [0.25, 0.3) is 0 Å². The van der Waals surface area contributed by atoms with E-state index in [0.717, 1.165) is 33.4 Å². The first kappa shape index (κ1) is 41.5. The Kier molecular flexibility index (Phi) is 13.3. The lowest BCUT2D eigenvalue weighted by Gasteiger charge is -2.36. The lowest BCUT2D eigenvalue weighted by Crippen LogP contribution is -2.34. The highest BCUT2D eigenvalue weighted by atomic mass is 16.6. The Morgan fingerprint density at radius 1 is 0.456 bits per heavy atom. The molecule has 0 aliphatic heterocycles. The molecule has 0 saturated carbocycles. The van der Waals surface area contributed by atoms with Gasteiger partial charge in [-0.05, 0) is 62.1 Å². The Labute approximate surface area is 333 Å². The fourth-order valence-electron chi connectivity index (χ4n) is 6.45. The molecule has 4 aromatic carbocycles. The number of hydrogen-bond acceptors (Lipinski definition) is 10. The van der Waals surface area contributed by atoms with E-state index >= 15 is 0 Å². The molecule has 1 aliphatic carbocycles. The number of rotatable bonds is 18. The van der Waals surface area contributed by atoms with Gasteiger partial charge in [-0.15, -0.1) is 0 Å². The van der Waals surface area contributed by atoms with Crippen molar-refractivity contribution in [2.24, 2.45) is 0 Å². The summed E-state index contributed by atoms with van der Waals surface area (Å²) in [5, 5.41) is 0. The molecule has 2 atom stereocenters. The summed E-state index contributed by atoms with van der Waals surface area (Å²) in [5.74, 6) is -1.67. The molecule has 0 radical (unpaired) electrons. The quantitative estimate of drug-likeness (QED) is 0.0492. The molecule has 4 aromatic rings. The Bertz CT molecular complexity index is 2070. The van der Waals surface area contributed by atoms with Crippen LogP contribution in [0.1, 0.15) is 49.9 Å². The largest absolute Gasteiger partial charge is 0.489 e. The van der Waals surface area contributed by atoms with E-state index < -0.39 is 41.5 Å². The third-order valence-electron chi connectivity index (χ3n) is 9.13. The van der Waals surface area contributed by atoms with Crippen molar-refractivity contribution in [2.75, 3.05) is 26.4 Å². The van der Waals surface area contributed by atoms with Gasteiger partial charge in [0.05, 0.1) is 5.41 Å². The van der Waals surface area contributed by atoms with Crippen LogP contribution in [0.25, 0.3) is 11.1 Å². The van der Waals surface area contributed by atoms with E-state index in [1.807, 2.05) is 72.8 Å². The van der Waals surface area contributed by atoms with E-state index in [1.54, 1.807) is 0 Å². The fourth-order valence-corrected chi connectivity index (χ4v) is 6.45. The van der Waals surface area contributed by atoms with Gasteiger partial charge >= 0.3 is 23.9 Å². The second-order valence-corrected chi connectivity index (χ2v) is 13.8. The Balaban J connectivity index is 1.62. The van der Waals surface area contributed by atoms with E-state index in [4.69, 9.17) is 28.4 Å². The predicted octanol–water partition coefficient (Wildman–Crippen LogP) is 8.02. The van der Waals surface area contributed by atoms with Crippen LogP contribution in [0.15, 0.2) is 146 Å². The van der Waals surface area contributed by atoms with E-state index in [1.165, 1.54) is 27.7 Å². The first-order valence-corrected chi connectivity index (χ1v) is 18.3. The predicted molar refractivity (Wildman–Crippen MR) is 216 cm³/mol. The van der Waals surface area contributed by atoms with Crippen LogP contribution in [0.2, 0.25) is 0 Å². The smallest absolute Gasteiger partial charge is 0.333 e. The average molecular weight is 771 g/mol. The maximum atomic E-state index is 12.7. The number of benzene rings is 4. The normalized spacial score (nSPS) is 13.1. The molecule has 5 rings (SSSR count). The van der Waals surface area contributed by atoms with Crippen LogP contribution in [0, 0.1) is 0 Å². The lowest BCUT2D eigenvalue weighted by molar-refractivity contribution is -0.155. The van der Waals surface area contributed by atoms with Crippen molar-refractivity contribution in [3.05, 3.63) is 168 Å². The van der Waals surface area contributed by atoms with Crippen molar-refractivity contribution < 1.29 is 47.6 Å². The number of para-hydroxylation sites is 2. The maximum Gasteiger partial charge on any atom is 0.333 e. The van der Waals surface area contributed by atoms with Gasteiger partial charge in [0.2, 0.25) is 0 Å². The van der Waals surface area contributed by atoms with Gasteiger partial charge in [0, 0.05) is 33.4 Å². The zero-order valence-corrected chi connectivity index (χ0v) is 32.6. The first-order chi connectivity index (χ1) is 27.2. The molecule has 0 aromatic heterocycles. The van der Waals surface area contributed by atoms with E-state index in [2.05, 4.69) is 50.6 Å². The zero-order chi connectivity index (χ0) is 41.3. The van der Waals surface area contributed by atoms with Crippen LogP contribution in [-0.4, -0.2) is 62.5 Å². The Morgan fingerprint density at radius 2 is 0.772 bits per heavy atom. The number of carbonyl (C=O) groups is 4. The molecule has 1 aliphatic rings. The molecular formula is C47H46O10. The highest BCUT2D eigenvalue weighted by molar-refractivity contribution is 5.89. The van der Waals surface area contributed by atoms with Crippen LogP contribution >= 0.6 is 0 Å². The molecule has 10 heteroatoms. The van der Waals surface area contributed by atoms with Gasteiger partial charge < -0.3 is 28.4 Å². The summed E-state index contributed by atoms with van der Waals surface area (Å²) in [4.78, 5) is 50.0. The molecule has 0 heterocycles. The summed E-state index contributed by atoms with van der Waals surface area (Å²) in [5.41, 5.74) is 5.05. The standard InChI is InChI=1S/C47H46O10/c1-29(2)43(48)54-27-33(56-45(50)31(5)6)25-52-41-23-15-13-21-39(41)47(37-19-11-9-17-35(37)36-18-10-12-20-38(36)47)40-22-14-16-24-42(40)53-26-34(57-46(51)32(7)8)28-55-44(49)30(3)4/h9-24,33-34H,1,3,5,7,25-28H2,2,4,6,8H3. The maximum absolute atomic E-state index is 12.7. The van der Waals surface area contributed by atoms with Gasteiger partial charge in [-0.3, -0.25) is 0 Å². The second kappa shape index (κ2) is 18.3. The van der Waals surface area contributed by atoms with Crippen molar-refractivity contribution in [3.63, 3.8) is 0 Å². The molecule has 0 spiro atoms. The molecule has 0 bridgehead atoms. The lowest BCUT2D eigenvalue weighted by atomic mass is 9.67. The van der Waals surface area contributed by atoms with Gasteiger partial charge in [-0.1, -0.05) is 111 Å². The molecule has 10 nitrogen and oxygen atoms in total. The van der Waals surface area contributed by atoms with Crippen LogP contribution < -0.4 is 9.47 Å². The molecular weight excluding hydrogens is 725 g/mol. The molecule has 294 valence electrons. The summed E-state index contributed by atoms with van der Waals surface area (Å²) in [7, 11) is 0. The number of hydrogen-bond donors (Lipinski definition) is 0. The SMILES string of the molecule is C=C(C)C(=O)OCC(COc1ccccc1C1(c2ccccc2OCC(COC(=O)C(=C)C)OC(=O)C(=C)C)c2ccccc2-c2ccccc21)OC(=O)C(=C)C. The molecule has 57 heavy (non-hydrogen) atoms. The average Bonchev–Trinajstić information content (AvgIpc) is 3.50. The third-order valence-corrected chi connectivity index (χ3v) is 9.13. The van der Waals surface area contributed by atoms with Crippen LogP contribution in [0.4, 0.5) is 0 Å². The molecule has 0 fully saturated rings. The number of esters is 4. The zero-order valence-electron chi connectivity index (χ0n) is 32.6. The summed E-state index contributed by atoms with van der Waals surface area (Å²) >= 11 is 0. The van der Waals surface area contributed by atoms with Gasteiger partial charge in [-0.2, -0.15) is 0 Å². The van der Waals surface area contributed by atoms with Crippen LogP contribution in [-0.2, 0) is 43.5 Å². The molecule has 2 unspecified atom stereocenters. The number of fused-ring (bicyclic) bond motifs is 3. The van der Waals surface area contributed by atoms with Crippen molar-refractivity contribution in [2.45, 2.75) is 45.3 Å². The first-order valence-electron chi connectivity index (χ1n) is 18.3. The molecule has 0 N–H and O–H groups in total. The Hall–Kier alpha value is -6.68. The van der Waals surface area contributed by atoms with E-state index in [9.17, 15) is 19.2 Å². The molecule has 0 amide bonds. The fraction of sp³-hybridized carbons (Fsp3) is 0.234. The van der Waals surface area contributed by atoms with Crippen molar-refractivity contribution >= 4 is 23.9 Å². The number of ether oxygens (including phenoxy) is 6. The Morgan fingerprint density at radius 3 is 1.12 bits per heavy atom. The summed E-state index contributed by atoms with van der Waals surface area (Å²) in [6.45, 7) is 19.8.